The molecule has 0 aliphatic carbocycles. The minimum absolute atomic E-state index is 0.0460. The Hall–Kier alpha value is -3.61. The number of nitrogens with zero attached hydrogens (tertiary/aromatic N) is 4. The summed E-state index contributed by atoms with van der Waals surface area (Å²) in [5.41, 5.74) is 3.74. The zero-order chi connectivity index (χ0) is 22.5. The first-order valence-corrected chi connectivity index (χ1v) is 10.9. The van der Waals surface area contributed by atoms with Gasteiger partial charge in [-0.2, -0.15) is 5.10 Å². The van der Waals surface area contributed by atoms with Gasteiger partial charge in [-0.15, -0.1) is 0 Å². The standard InChI is InChI=1S/C25H28N4O3/c1-19-6-8-20(9-7-19)23-10-11-25(31)29(26-23)13-12-24(30)28-16-14-27(15-17-28)21-4-3-5-22(18-21)32-2/h3-11,18H,12-17H2,1-2H3. The lowest BCUT2D eigenvalue weighted by molar-refractivity contribution is -0.131. The number of piperazine rings is 1. The van der Waals surface area contributed by atoms with Gasteiger partial charge in [0.2, 0.25) is 5.91 Å². The van der Waals surface area contributed by atoms with E-state index in [4.69, 9.17) is 4.74 Å². The molecule has 0 saturated carbocycles. The number of rotatable bonds is 6. The van der Waals surface area contributed by atoms with E-state index in [1.165, 1.54) is 16.3 Å². The summed E-state index contributed by atoms with van der Waals surface area (Å²) in [4.78, 5) is 29.1. The molecule has 0 unspecified atom stereocenters. The Bertz CT molecular complexity index is 1130. The van der Waals surface area contributed by atoms with Crippen LogP contribution in [0.3, 0.4) is 0 Å². The van der Waals surface area contributed by atoms with Crippen LogP contribution < -0.4 is 15.2 Å². The molecule has 1 amide bonds. The molecule has 3 aromatic rings. The van der Waals surface area contributed by atoms with Crippen LogP contribution in [0.2, 0.25) is 0 Å². The van der Waals surface area contributed by atoms with Crippen molar-refractivity contribution in [3.63, 3.8) is 0 Å². The molecular weight excluding hydrogens is 404 g/mol. The van der Waals surface area contributed by atoms with Crippen molar-refractivity contribution in [2.45, 2.75) is 19.9 Å². The average molecular weight is 433 g/mol. The summed E-state index contributed by atoms with van der Waals surface area (Å²) in [5, 5.41) is 4.47. The number of anilines is 1. The third-order valence-corrected chi connectivity index (χ3v) is 5.80. The highest BCUT2D eigenvalue weighted by Crippen LogP contribution is 2.22. The SMILES string of the molecule is COc1cccc(N2CCN(C(=O)CCn3nc(-c4ccc(C)cc4)ccc3=O)CC2)c1. The van der Waals surface area contributed by atoms with Crippen LogP contribution in [0, 0.1) is 6.92 Å². The van der Waals surface area contributed by atoms with Crippen molar-refractivity contribution < 1.29 is 9.53 Å². The zero-order valence-corrected chi connectivity index (χ0v) is 18.5. The normalized spacial score (nSPS) is 13.8. The highest BCUT2D eigenvalue weighted by Gasteiger charge is 2.21. The Morgan fingerprint density at radius 2 is 1.75 bits per heavy atom. The lowest BCUT2D eigenvalue weighted by atomic mass is 10.1. The smallest absolute Gasteiger partial charge is 0.266 e. The molecule has 1 aliphatic heterocycles. The molecule has 1 fully saturated rings. The van der Waals surface area contributed by atoms with E-state index in [9.17, 15) is 9.59 Å². The average Bonchev–Trinajstić information content (AvgIpc) is 2.84. The quantitative estimate of drug-likeness (QED) is 0.599. The van der Waals surface area contributed by atoms with E-state index in [0.717, 1.165) is 35.8 Å². The number of ether oxygens (including phenoxy) is 1. The number of methoxy groups -OCH3 is 1. The molecule has 0 bridgehead atoms. The second-order valence-electron chi connectivity index (χ2n) is 7.97. The fourth-order valence-electron chi connectivity index (χ4n) is 3.87. The Balaban J connectivity index is 1.34. The van der Waals surface area contributed by atoms with Gasteiger partial charge in [0.1, 0.15) is 5.75 Å². The summed E-state index contributed by atoms with van der Waals surface area (Å²) in [6.07, 6.45) is 0.253. The number of amides is 1. The van der Waals surface area contributed by atoms with Gasteiger partial charge in [0, 0.05) is 56.0 Å². The van der Waals surface area contributed by atoms with Crippen LogP contribution in [0.1, 0.15) is 12.0 Å². The molecular formula is C25H28N4O3. The molecule has 0 atom stereocenters. The molecule has 166 valence electrons. The fourth-order valence-corrected chi connectivity index (χ4v) is 3.87. The third kappa shape index (κ3) is 4.99. The Kier molecular flexibility index (Phi) is 6.54. The van der Waals surface area contributed by atoms with E-state index in [1.807, 2.05) is 54.3 Å². The number of hydrogen-bond donors (Lipinski definition) is 0. The molecule has 2 heterocycles. The maximum atomic E-state index is 12.8. The molecule has 7 nitrogen and oxygen atoms in total. The monoisotopic (exact) mass is 432 g/mol. The lowest BCUT2D eigenvalue weighted by Gasteiger charge is -2.36. The number of benzene rings is 2. The van der Waals surface area contributed by atoms with Crippen molar-refractivity contribution in [2.24, 2.45) is 0 Å². The third-order valence-electron chi connectivity index (χ3n) is 5.80. The zero-order valence-electron chi connectivity index (χ0n) is 18.5. The highest BCUT2D eigenvalue weighted by molar-refractivity contribution is 5.76. The van der Waals surface area contributed by atoms with Gasteiger partial charge in [0.15, 0.2) is 0 Å². The van der Waals surface area contributed by atoms with Crippen molar-refractivity contribution in [3.8, 4) is 17.0 Å². The highest BCUT2D eigenvalue weighted by atomic mass is 16.5. The number of aryl methyl sites for hydroxylation is 2. The van der Waals surface area contributed by atoms with E-state index in [0.29, 0.717) is 13.1 Å². The largest absolute Gasteiger partial charge is 0.497 e. The van der Waals surface area contributed by atoms with Crippen LogP contribution >= 0.6 is 0 Å². The van der Waals surface area contributed by atoms with Crippen LogP contribution in [0.4, 0.5) is 5.69 Å². The predicted molar refractivity (Wildman–Crippen MR) is 125 cm³/mol. The maximum Gasteiger partial charge on any atom is 0.266 e. The number of aromatic nitrogens is 2. The molecule has 7 heteroatoms. The van der Waals surface area contributed by atoms with Crippen molar-refractivity contribution in [1.82, 2.24) is 14.7 Å². The second-order valence-corrected chi connectivity index (χ2v) is 7.97. The van der Waals surface area contributed by atoms with Gasteiger partial charge in [-0.1, -0.05) is 35.9 Å². The fraction of sp³-hybridized carbons (Fsp3) is 0.320. The molecule has 1 aromatic heterocycles. The molecule has 0 spiro atoms. The van der Waals surface area contributed by atoms with Crippen molar-refractivity contribution >= 4 is 11.6 Å². The first-order chi connectivity index (χ1) is 15.5. The van der Waals surface area contributed by atoms with Crippen LogP contribution in [-0.2, 0) is 11.3 Å². The number of carbonyl (C=O) groups excluding carboxylic acids is 1. The van der Waals surface area contributed by atoms with E-state index in [1.54, 1.807) is 13.2 Å². The summed E-state index contributed by atoms with van der Waals surface area (Å²) in [5.74, 6) is 0.872. The van der Waals surface area contributed by atoms with E-state index >= 15 is 0 Å². The summed E-state index contributed by atoms with van der Waals surface area (Å²) in [6.45, 7) is 5.14. The van der Waals surface area contributed by atoms with Gasteiger partial charge >= 0.3 is 0 Å². The summed E-state index contributed by atoms with van der Waals surface area (Å²) in [6, 6.07) is 19.2. The predicted octanol–water partition coefficient (Wildman–Crippen LogP) is 2.97. The van der Waals surface area contributed by atoms with Gasteiger partial charge < -0.3 is 14.5 Å². The van der Waals surface area contributed by atoms with Crippen LogP contribution in [0.25, 0.3) is 11.3 Å². The molecule has 1 aliphatic rings. The van der Waals surface area contributed by atoms with Gasteiger partial charge in [0.05, 0.1) is 19.3 Å². The van der Waals surface area contributed by atoms with Gasteiger partial charge in [-0.3, -0.25) is 9.59 Å². The Labute approximate surface area is 187 Å². The summed E-state index contributed by atoms with van der Waals surface area (Å²) < 4.78 is 6.69. The number of carbonyl (C=O) groups is 1. The molecule has 2 aromatic carbocycles. The van der Waals surface area contributed by atoms with Gasteiger partial charge in [-0.25, -0.2) is 4.68 Å². The topological polar surface area (TPSA) is 67.7 Å². The summed E-state index contributed by atoms with van der Waals surface area (Å²) in [7, 11) is 1.66. The lowest BCUT2D eigenvalue weighted by Crippen LogP contribution is -2.49. The molecule has 4 rings (SSSR count). The molecule has 0 radical (unpaired) electrons. The minimum atomic E-state index is -0.198. The van der Waals surface area contributed by atoms with E-state index < -0.39 is 0 Å². The minimum Gasteiger partial charge on any atom is -0.497 e. The maximum absolute atomic E-state index is 12.8. The Morgan fingerprint density at radius 3 is 2.47 bits per heavy atom. The van der Waals surface area contributed by atoms with Gasteiger partial charge in [-0.05, 0) is 25.1 Å². The van der Waals surface area contributed by atoms with E-state index in [2.05, 4.69) is 16.1 Å². The first kappa shape index (κ1) is 21.6. The van der Waals surface area contributed by atoms with Crippen LogP contribution in [0.15, 0.2) is 65.5 Å². The van der Waals surface area contributed by atoms with Gasteiger partial charge in [0.25, 0.3) is 5.56 Å². The molecule has 0 N–H and O–H groups in total. The number of hydrogen-bond acceptors (Lipinski definition) is 5. The molecule has 32 heavy (non-hydrogen) atoms. The van der Waals surface area contributed by atoms with E-state index in [-0.39, 0.29) is 24.4 Å². The Morgan fingerprint density at radius 1 is 1.00 bits per heavy atom. The van der Waals surface area contributed by atoms with Crippen LogP contribution in [-0.4, -0.2) is 53.9 Å². The molecule has 1 saturated heterocycles. The second kappa shape index (κ2) is 9.68. The van der Waals surface area contributed by atoms with Crippen molar-refractivity contribution in [1.29, 1.82) is 0 Å². The first-order valence-electron chi connectivity index (χ1n) is 10.9. The van der Waals surface area contributed by atoms with Crippen molar-refractivity contribution in [3.05, 3.63) is 76.6 Å². The summed E-state index contributed by atoms with van der Waals surface area (Å²) >= 11 is 0. The van der Waals surface area contributed by atoms with Crippen LogP contribution in [0.5, 0.6) is 5.75 Å². The van der Waals surface area contributed by atoms with Crippen molar-refractivity contribution in [2.75, 3.05) is 38.2 Å².